The van der Waals surface area contributed by atoms with Gasteiger partial charge in [-0.3, -0.25) is 4.90 Å². The van der Waals surface area contributed by atoms with Crippen LogP contribution in [0.2, 0.25) is 0 Å². The number of hydrogen-bond acceptors (Lipinski definition) is 3. The summed E-state index contributed by atoms with van der Waals surface area (Å²) >= 11 is 0. The number of nitrogens with two attached hydrogens (primary N) is 1. The van der Waals surface area contributed by atoms with Crippen molar-refractivity contribution in [1.82, 2.24) is 4.90 Å². The molecule has 1 aliphatic heterocycles. The van der Waals surface area contributed by atoms with Gasteiger partial charge in [-0.15, -0.1) is 0 Å². The first-order valence-corrected chi connectivity index (χ1v) is 7.36. The predicted molar refractivity (Wildman–Crippen MR) is 79.4 cm³/mol. The zero-order chi connectivity index (χ0) is 14.4. The van der Waals surface area contributed by atoms with Gasteiger partial charge in [0.1, 0.15) is 6.10 Å². The first kappa shape index (κ1) is 14.9. The lowest BCUT2D eigenvalue weighted by molar-refractivity contribution is 0.0734. The summed E-state index contributed by atoms with van der Waals surface area (Å²) in [5.41, 5.74) is 6.45. The van der Waals surface area contributed by atoms with Crippen LogP contribution in [0.1, 0.15) is 25.3 Å². The minimum Gasteiger partial charge on any atom is -0.445 e. The van der Waals surface area contributed by atoms with Crippen molar-refractivity contribution in [2.45, 2.75) is 32.3 Å². The van der Waals surface area contributed by atoms with Crippen LogP contribution in [0, 0.1) is 5.92 Å². The molecule has 1 aromatic rings. The van der Waals surface area contributed by atoms with Crippen LogP contribution in [0.3, 0.4) is 0 Å². The number of carbonyl (C=O) groups excluding carboxylic acids is 1. The van der Waals surface area contributed by atoms with E-state index in [1.807, 2.05) is 6.92 Å². The summed E-state index contributed by atoms with van der Waals surface area (Å²) in [6, 6.07) is 10.7. The summed E-state index contributed by atoms with van der Waals surface area (Å²) in [7, 11) is 0. The Bertz CT molecular complexity index is 414. The van der Waals surface area contributed by atoms with Gasteiger partial charge in [-0.25, -0.2) is 4.79 Å². The fourth-order valence-electron chi connectivity index (χ4n) is 2.92. The van der Waals surface area contributed by atoms with Crippen LogP contribution in [0.5, 0.6) is 0 Å². The molecule has 4 nitrogen and oxygen atoms in total. The smallest absolute Gasteiger partial charge is 0.404 e. The standard InChI is InChI=1S/C16H24N2O2/c1-13(20-16(17)19)12-18-9-7-15(8-10-18)11-14-5-3-2-4-6-14/h2-6,13,15H,7-12H2,1H3,(H2,17,19). The van der Waals surface area contributed by atoms with E-state index in [9.17, 15) is 4.79 Å². The average molecular weight is 276 g/mol. The molecule has 20 heavy (non-hydrogen) atoms. The molecular formula is C16H24N2O2. The summed E-state index contributed by atoms with van der Waals surface area (Å²) in [6.07, 6.45) is 2.77. The Labute approximate surface area is 120 Å². The maximum atomic E-state index is 10.7. The van der Waals surface area contributed by atoms with Gasteiger partial charge in [0.2, 0.25) is 0 Å². The number of hydrogen-bond donors (Lipinski definition) is 1. The van der Waals surface area contributed by atoms with Gasteiger partial charge >= 0.3 is 6.09 Å². The number of carbonyl (C=O) groups is 1. The summed E-state index contributed by atoms with van der Waals surface area (Å²) in [5.74, 6) is 0.765. The van der Waals surface area contributed by atoms with Crippen molar-refractivity contribution in [1.29, 1.82) is 0 Å². The number of benzene rings is 1. The Morgan fingerprint density at radius 3 is 2.60 bits per heavy atom. The number of nitrogens with zero attached hydrogens (tertiary/aromatic N) is 1. The van der Waals surface area contributed by atoms with Gasteiger partial charge in [-0.1, -0.05) is 30.3 Å². The van der Waals surface area contributed by atoms with E-state index in [4.69, 9.17) is 10.5 Å². The van der Waals surface area contributed by atoms with Crippen molar-refractivity contribution in [3.8, 4) is 0 Å². The third kappa shape index (κ3) is 4.85. The van der Waals surface area contributed by atoms with Crippen molar-refractivity contribution in [3.05, 3.63) is 35.9 Å². The molecule has 1 aromatic carbocycles. The monoisotopic (exact) mass is 276 g/mol. The second kappa shape index (κ2) is 7.29. The normalized spacial score (nSPS) is 18.6. The Balaban J connectivity index is 1.71. The highest BCUT2D eigenvalue weighted by Gasteiger charge is 2.21. The van der Waals surface area contributed by atoms with Crippen molar-refractivity contribution in [3.63, 3.8) is 0 Å². The van der Waals surface area contributed by atoms with E-state index in [2.05, 4.69) is 35.2 Å². The molecule has 0 spiro atoms. The Hall–Kier alpha value is -1.55. The molecule has 1 amide bonds. The van der Waals surface area contributed by atoms with Crippen molar-refractivity contribution in [2.24, 2.45) is 11.7 Å². The van der Waals surface area contributed by atoms with Crippen LogP contribution in [0.25, 0.3) is 0 Å². The van der Waals surface area contributed by atoms with Gasteiger partial charge in [-0.2, -0.15) is 0 Å². The molecule has 110 valence electrons. The van der Waals surface area contributed by atoms with Gasteiger partial charge < -0.3 is 10.5 Å². The fraction of sp³-hybridized carbons (Fsp3) is 0.562. The Morgan fingerprint density at radius 1 is 1.35 bits per heavy atom. The van der Waals surface area contributed by atoms with E-state index < -0.39 is 6.09 Å². The van der Waals surface area contributed by atoms with Crippen LogP contribution in [-0.4, -0.2) is 36.7 Å². The first-order chi connectivity index (χ1) is 9.63. The van der Waals surface area contributed by atoms with Crippen LogP contribution in [0.15, 0.2) is 30.3 Å². The summed E-state index contributed by atoms with van der Waals surface area (Å²) in [5, 5.41) is 0. The predicted octanol–water partition coefficient (Wildman–Crippen LogP) is 2.42. The molecule has 0 aliphatic carbocycles. The van der Waals surface area contributed by atoms with E-state index in [1.54, 1.807) is 0 Å². The molecule has 2 rings (SSSR count). The topological polar surface area (TPSA) is 55.6 Å². The van der Waals surface area contributed by atoms with E-state index in [0.29, 0.717) is 0 Å². The van der Waals surface area contributed by atoms with Crippen molar-refractivity contribution >= 4 is 6.09 Å². The Morgan fingerprint density at radius 2 is 2.00 bits per heavy atom. The number of likely N-dealkylation sites (tertiary alicyclic amines) is 1. The second-order valence-electron chi connectivity index (χ2n) is 5.68. The number of primary amides is 1. The molecule has 0 radical (unpaired) electrons. The lowest BCUT2D eigenvalue weighted by atomic mass is 9.90. The highest BCUT2D eigenvalue weighted by atomic mass is 16.6. The fourth-order valence-corrected chi connectivity index (χ4v) is 2.92. The van der Waals surface area contributed by atoms with E-state index in [0.717, 1.165) is 25.6 Å². The molecule has 2 N–H and O–H groups in total. The SMILES string of the molecule is CC(CN1CCC(Cc2ccccc2)CC1)OC(N)=O. The van der Waals surface area contributed by atoms with E-state index in [-0.39, 0.29) is 6.10 Å². The van der Waals surface area contributed by atoms with Crippen LogP contribution in [0.4, 0.5) is 4.79 Å². The average Bonchev–Trinajstić information content (AvgIpc) is 2.41. The van der Waals surface area contributed by atoms with E-state index in [1.165, 1.54) is 24.8 Å². The quantitative estimate of drug-likeness (QED) is 0.898. The molecule has 4 heteroatoms. The van der Waals surface area contributed by atoms with Crippen molar-refractivity contribution in [2.75, 3.05) is 19.6 Å². The molecule has 0 saturated carbocycles. The molecule has 1 heterocycles. The van der Waals surface area contributed by atoms with Crippen LogP contribution < -0.4 is 5.73 Å². The highest BCUT2D eigenvalue weighted by Crippen LogP contribution is 2.21. The van der Waals surface area contributed by atoms with Crippen LogP contribution >= 0.6 is 0 Å². The van der Waals surface area contributed by atoms with Gasteiger partial charge in [0.25, 0.3) is 0 Å². The summed E-state index contributed by atoms with van der Waals surface area (Å²) < 4.78 is 4.97. The summed E-state index contributed by atoms with van der Waals surface area (Å²) in [6.45, 7) is 4.82. The zero-order valence-electron chi connectivity index (χ0n) is 12.1. The highest BCUT2D eigenvalue weighted by molar-refractivity contribution is 5.64. The molecular weight excluding hydrogens is 252 g/mol. The molecule has 0 aromatic heterocycles. The van der Waals surface area contributed by atoms with Crippen LogP contribution in [-0.2, 0) is 11.2 Å². The molecule has 1 fully saturated rings. The number of rotatable bonds is 5. The summed E-state index contributed by atoms with van der Waals surface area (Å²) in [4.78, 5) is 13.0. The minimum absolute atomic E-state index is 0.127. The van der Waals surface area contributed by atoms with Gasteiger partial charge in [0, 0.05) is 6.54 Å². The van der Waals surface area contributed by atoms with Gasteiger partial charge in [0.05, 0.1) is 0 Å². The molecule has 1 saturated heterocycles. The third-order valence-electron chi connectivity index (χ3n) is 3.91. The largest absolute Gasteiger partial charge is 0.445 e. The second-order valence-corrected chi connectivity index (χ2v) is 5.68. The molecule has 0 bridgehead atoms. The lowest BCUT2D eigenvalue weighted by Gasteiger charge is -2.33. The van der Waals surface area contributed by atoms with Crippen molar-refractivity contribution < 1.29 is 9.53 Å². The maximum absolute atomic E-state index is 10.7. The first-order valence-electron chi connectivity index (χ1n) is 7.36. The molecule has 1 atom stereocenters. The van der Waals surface area contributed by atoms with Gasteiger partial charge in [0.15, 0.2) is 0 Å². The lowest BCUT2D eigenvalue weighted by Crippen LogP contribution is -2.40. The number of ether oxygens (including phenoxy) is 1. The zero-order valence-corrected chi connectivity index (χ0v) is 12.1. The third-order valence-corrected chi connectivity index (χ3v) is 3.91. The molecule has 1 unspecified atom stereocenters. The Kier molecular flexibility index (Phi) is 5.41. The molecule has 1 aliphatic rings. The number of piperidine rings is 1. The number of amides is 1. The van der Waals surface area contributed by atoms with E-state index >= 15 is 0 Å². The maximum Gasteiger partial charge on any atom is 0.404 e. The van der Waals surface area contributed by atoms with Gasteiger partial charge in [-0.05, 0) is 50.8 Å². The minimum atomic E-state index is -0.684.